The molecule has 90 valence electrons. The van der Waals surface area contributed by atoms with E-state index in [1.165, 1.54) is 24.8 Å². The number of unbranched alkanes of at least 4 members (excludes halogenated alkanes) is 3. The van der Waals surface area contributed by atoms with E-state index in [1.54, 1.807) is 0 Å². The van der Waals surface area contributed by atoms with Gasteiger partial charge in [0.25, 0.3) is 0 Å². The maximum Gasteiger partial charge on any atom is 0.0868 e. The first-order valence-electron chi connectivity index (χ1n) is 6.36. The molecule has 1 atom stereocenters. The first-order chi connectivity index (χ1) is 7.56. The molecule has 1 N–H and O–H groups in total. The minimum atomic E-state index is -0.665. The van der Waals surface area contributed by atoms with Crippen molar-refractivity contribution in [3.05, 3.63) is 35.4 Å². The molecule has 0 spiro atoms. The van der Waals surface area contributed by atoms with Crippen molar-refractivity contribution in [1.82, 2.24) is 0 Å². The highest BCUT2D eigenvalue weighted by molar-refractivity contribution is 5.25. The minimum Gasteiger partial charge on any atom is -0.385 e. The van der Waals surface area contributed by atoms with Crippen LogP contribution in [0.4, 0.5) is 0 Å². The summed E-state index contributed by atoms with van der Waals surface area (Å²) in [7, 11) is 0. The zero-order valence-electron chi connectivity index (χ0n) is 10.8. The van der Waals surface area contributed by atoms with Gasteiger partial charge in [0.05, 0.1) is 5.60 Å². The second-order valence-corrected chi connectivity index (χ2v) is 4.95. The minimum absolute atomic E-state index is 0.665. The van der Waals surface area contributed by atoms with Crippen molar-refractivity contribution in [3.63, 3.8) is 0 Å². The van der Waals surface area contributed by atoms with E-state index in [0.29, 0.717) is 0 Å². The average molecular weight is 220 g/mol. The van der Waals surface area contributed by atoms with E-state index in [1.807, 2.05) is 19.1 Å². The van der Waals surface area contributed by atoms with Crippen LogP contribution in [0.3, 0.4) is 0 Å². The Kier molecular flexibility index (Phi) is 5.01. The highest BCUT2D eigenvalue weighted by Gasteiger charge is 2.21. The third-order valence-corrected chi connectivity index (χ3v) is 3.19. The molecule has 0 aliphatic carbocycles. The van der Waals surface area contributed by atoms with Gasteiger partial charge in [0.15, 0.2) is 0 Å². The van der Waals surface area contributed by atoms with E-state index >= 15 is 0 Å². The van der Waals surface area contributed by atoms with Crippen LogP contribution in [-0.2, 0) is 5.60 Å². The maximum atomic E-state index is 10.4. The van der Waals surface area contributed by atoms with Crippen molar-refractivity contribution in [2.45, 2.75) is 58.5 Å². The van der Waals surface area contributed by atoms with Crippen molar-refractivity contribution < 1.29 is 5.11 Å². The molecule has 0 radical (unpaired) electrons. The number of aryl methyl sites for hydroxylation is 1. The molecular formula is C15H24O. The largest absolute Gasteiger partial charge is 0.385 e. The van der Waals surface area contributed by atoms with E-state index in [9.17, 15) is 5.11 Å². The molecular weight excluding hydrogens is 196 g/mol. The highest BCUT2D eigenvalue weighted by atomic mass is 16.3. The summed E-state index contributed by atoms with van der Waals surface area (Å²) >= 11 is 0. The van der Waals surface area contributed by atoms with E-state index < -0.39 is 5.60 Å². The van der Waals surface area contributed by atoms with Crippen molar-refractivity contribution >= 4 is 0 Å². The molecule has 1 rings (SSSR count). The van der Waals surface area contributed by atoms with Gasteiger partial charge in [-0.15, -0.1) is 0 Å². The van der Waals surface area contributed by atoms with Crippen molar-refractivity contribution in [2.24, 2.45) is 0 Å². The summed E-state index contributed by atoms with van der Waals surface area (Å²) in [6, 6.07) is 8.20. The Bertz CT molecular complexity index is 298. The fourth-order valence-electron chi connectivity index (χ4n) is 1.95. The van der Waals surface area contributed by atoms with Gasteiger partial charge in [0.2, 0.25) is 0 Å². The summed E-state index contributed by atoms with van der Waals surface area (Å²) in [5.74, 6) is 0. The van der Waals surface area contributed by atoms with E-state index in [4.69, 9.17) is 0 Å². The lowest BCUT2D eigenvalue weighted by atomic mass is 9.89. The molecule has 0 saturated carbocycles. The van der Waals surface area contributed by atoms with Crippen LogP contribution < -0.4 is 0 Å². The van der Waals surface area contributed by atoms with Crippen molar-refractivity contribution in [1.29, 1.82) is 0 Å². The van der Waals surface area contributed by atoms with Gasteiger partial charge in [-0.2, -0.15) is 0 Å². The molecule has 1 aromatic carbocycles. The summed E-state index contributed by atoms with van der Waals surface area (Å²) in [4.78, 5) is 0. The van der Waals surface area contributed by atoms with Crippen LogP contribution >= 0.6 is 0 Å². The number of aliphatic hydroxyl groups is 1. The molecule has 0 aliphatic rings. The molecule has 0 aromatic heterocycles. The third kappa shape index (κ3) is 3.97. The second kappa shape index (κ2) is 6.05. The molecule has 1 nitrogen and oxygen atoms in total. The third-order valence-electron chi connectivity index (χ3n) is 3.19. The monoisotopic (exact) mass is 220 g/mol. The normalized spacial score (nSPS) is 14.8. The van der Waals surface area contributed by atoms with E-state index in [0.717, 1.165) is 18.4 Å². The average Bonchev–Trinajstić information content (AvgIpc) is 2.25. The van der Waals surface area contributed by atoms with Gasteiger partial charge < -0.3 is 5.11 Å². The van der Waals surface area contributed by atoms with Gasteiger partial charge in [-0.25, -0.2) is 0 Å². The smallest absolute Gasteiger partial charge is 0.0868 e. The molecule has 0 saturated heterocycles. The summed E-state index contributed by atoms with van der Waals surface area (Å²) in [5.41, 5.74) is 1.61. The number of hydrogen-bond acceptors (Lipinski definition) is 1. The van der Waals surface area contributed by atoms with Crippen molar-refractivity contribution in [2.75, 3.05) is 0 Å². The molecule has 0 fully saturated rings. The van der Waals surface area contributed by atoms with Gasteiger partial charge in [0.1, 0.15) is 0 Å². The van der Waals surface area contributed by atoms with Gasteiger partial charge >= 0.3 is 0 Å². The Morgan fingerprint density at radius 1 is 1.06 bits per heavy atom. The maximum absolute atomic E-state index is 10.4. The lowest BCUT2D eigenvalue weighted by Crippen LogP contribution is -2.20. The van der Waals surface area contributed by atoms with Gasteiger partial charge in [0, 0.05) is 0 Å². The standard InChI is InChI=1S/C15H24O/c1-4-5-6-7-12-15(3,16)14-10-8-13(2)9-11-14/h8-11,16H,4-7,12H2,1-3H3. The number of benzene rings is 1. The van der Waals surface area contributed by atoms with Gasteiger partial charge in [-0.3, -0.25) is 0 Å². The summed E-state index contributed by atoms with van der Waals surface area (Å²) < 4.78 is 0. The molecule has 1 aromatic rings. The van der Waals surface area contributed by atoms with Crippen LogP contribution in [0.2, 0.25) is 0 Å². The second-order valence-electron chi connectivity index (χ2n) is 4.95. The zero-order chi connectivity index (χ0) is 12.0. The molecule has 0 aliphatic heterocycles. The topological polar surface area (TPSA) is 20.2 Å². The fraction of sp³-hybridized carbons (Fsp3) is 0.600. The lowest BCUT2D eigenvalue weighted by Gasteiger charge is -2.24. The molecule has 0 heterocycles. The lowest BCUT2D eigenvalue weighted by molar-refractivity contribution is 0.0448. The first kappa shape index (κ1) is 13.2. The van der Waals surface area contributed by atoms with Crippen molar-refractivity contribution in [3.8, 4) is 0 Å². The summed E-state index contributed by atoms with van der Waals surface area (Å²) in [6.07, 6.45) is 5.69. The number of hydrogen-bond donors (Lipinski definition) is 1. The predicted octanol–water partition coefficient (Wildman–Crippen LogP) is 4.17. The Balaban J connectivity index is 2.52. The summed E-state index contributed by atoms with van der Waals surface area (Å²) in [6.45, 7) is 6.20. The van der Waals surface area contributed by atoms with Crippen LogP contribution in [-0.4, -0.2) is 5.11 Å². The van der Waals surface area contributed by atoms with Crippen LogP contribution in [0.1, 0.15) is 57.1 Å². The first-order valence-corrected chi connectivity index (χ1v) is 6.36. The SMILES string of the molecule is CCCCCCC(C)(O)c1ccc(C)cc1. The Labute approximate surface area is 99.5 Å². The van der Waals surface area contributed by atoms with Gasteiger partial charge in [-0.1, -0.05) is 62.4 Å². The van der Waals surface area contributed by atoms with Crippen LogP contribution in [0.5, 0.6) is 0 Å². The highest BCUT2D eigenvalue weighted by Crippen LogP contribution is 2.27. The van der Waals surface area contributed by atoms with E-state index in [2.05, 4.69) is 26.0 Å². The fourth-order valence-corrected chi connectivity index (χ4v) is 1.95. The quantitative estimate of drug-likeness (QED) is 0.713. The summed E-state index contributed by atoms with van der Waals surface area (Å²) in [5, 5.41) is 10.4. The molecule has 0 bridgehead atoms. The van der Waals surface area contributed by atoms with Crippen LogP contribution in [0.25, 0.3) is 0 Å². The number of rotatable bonds is 6. The Morgan fingerprint density at radius 3 is 2.25 bits per heavy atom. The molecule has 16 heavy (non-hydrogen) atoms. The predicted molar refractivity (Wildman–Crippen MR) is 69.5 cm³/mol. The molecule has 0 amide bonds. The molecule has 1 heteroatoms. The van der Waals surface area contributed by atoms with Crippen LogP contribution in [0, 0.1) is 6.92 Å². The molecule has 1 unspecified atom stereocenters. The van der Waals surface area contributed by atoms with Gasteiger partial charge in [-0.05, 0) is 25.8 Å². The Hall–Kier alpha value is -0.820. The Morgan fingerprint density at radius 2 is 1.69 bits per heavy atom. The van der Waals surface area contributed by atoms with Crippen LogP contribution in [0.15, 0.2) is 24.3 Å². The zero-order valence-corrected chi connectivity index (χ0v) is 10.8. The van der Waals surface area contributed by atoms with E-state index in [-0.39, 0.29) is 0 Å².